The summed E-state index contributed by atoms with van der Waals surface area (Å²) in [7, 11) is 0. The average Bonchev–Trinajstić information content (AvgIpc) is 3.39. The van der Waals surface area contributed by atoms with Crippen LogP contribution in [0.1, 0.15) is 290 Å². The second kappa shape index (κ2) is 62.9. The fourth-order valence-corrected chi connectivity index (χ4v) is 8.73. The molecule has 0 aliphatic rings. The Morgan fingerprint density at radius 2 is 0.589 bits per heavy atom. The Hall–Kier alpha value is -3.44. The molecule has 0 rings (SSSR count). The van der Waals surface area contributed by atoms with Gasteiger partial charge in [-0.3, -0.25) is 9.59 Å². The Morgan fingerprint density at radius 1 is 0.329 bits per heavy atom. The highest BCUT2D eigenvalue weighted by molar-refractivity contribution is 5.70. The molecular weight excluding hydrogens is 897 g/mol. The first-order chi connectivity index (χ1) is 36.1. The van der Waals surface area contributed by atoms with Crippen LogP contribution in [0.15, 0.2) is 109 Å². The Morgan fingerprint density at radius 3 is 0.890 bits per heavy atom. The number of aliphatic hydroxyl groups is 1. The van der Waals surface area contributed by atoms with Gasteiger partial charge in [0.25, 0.3) is 0 Å². The van der Waals surface area contributed by atoms with Gasteiger partial charge < -0.3 is 14.6 Å². The van der Waals surface area contributed by atoms with E-state index in [2.05, 4.69) is 123 Å². The lowest BCUT2D eigenvalue weighted by Gasteiger charge is -2.15. The molecule has 1 atom stereocenters. The largest absolute Gasteiger partial charge is 0.462 e. The third-order valence-electron chi connectivity index (χ3n) is 13.3. The van der Waals surface area contributed by atoms with Crippen LogP contribution in [-0.4, -0.2) is 36.4 Å². The Kier molecular flexibility index (Phi) is 59.9. The number of aliphatic hydroxyl groups excluding tert-OH is 1. The van der Waals surface area contributed by atoms with Crippen LogP contribution in [0.25, 0.3) is 0 Å². The van der Waals surface area contributed by atoms with Crippen LogP contribution in [0.3, 0.4) is 0 Å². The van der Waals surface area contributed by atoms with Gasteiger partial charge in [0, 0.05) is 12.8 Å². The van der Waals surface area contributed by atoms with Crippen LogP contribution in [0.2, 0.25) is 0 Å². The maximum absolute atomic E-state index is 12.3. The molecule has 1 N–H and O–H groups in total. The zero-order valence-corrected chi connectivity index (χ0v) is 47.9. The standard InChI is InChI=1S/C68H116O5/c1-3-5-7-9-11-13-15-17-19-21-23-25-27-29-31-33-34-35-37-39-41-43-45-47-49-51-53-55-57-59-61-63-68(71)73-66(64-69)65-72-67(70)62-60-58-56-54-52-50-48-46-44-42-40-38-36-32-30-28-26-24-22-20-18-16-14-12-10-8-6-4-2/h5,7,11,13,17,19,23,25,29,31,34-35,39,41,45,47,51,53,66,69H,3-4,6,8-10,12,14-16,18,20-22,24,26-28,30,32-33,36-38,40,42-44,46,48-50,52,54-65H2,1-2H3/b7-5-,13-11-,19-17-,25-23-,31-29-,35-34-,41-39-,47-45-,53-51-. The molecule has 0 aromatic carbocycles. The predicted octanol–water partition coefficient (Wildman–Crippen LogP) is 21.3. The number of ether oxygens (including phenoxy) is 2. The lowest BCUT2D eigenvalue weighted by Crippen LogP contribution is -2.28. The molecule has 0 bridgehead atoms. The molecule has 1 unspecified atom stereocenters. The molecule has 0 aromatic heterocycles. The van der Waals surface area contributed by atoms with Gasteiger partial charge in [-0.2, -0.15) is 0 Å². The van der Waals surface area contributed by atoms with E-state index in [4.69, 9.17) is 9.47 Å². The van der Waals surface area contributed by atoms with Crippen LogP contribution in [0.5, 0.6) is 0 Å². The van der Waals surface area contributed by atoms with E-state index < -0.39 is 6.10 Å². The molecule has 5 nitrogen and oxygen atoms in total. The van der Waals surface area contributed by atoms with Crippen molar-refractivity contribution >= 4 is 11.9 Å². The van der Waals surface area contributed by atoms with Crippen molar-refractivity contribution in [3.8, 4) is 0 Å². The number of esters is 2. The highest BCUT2D eigenvalue weighted by Crippen LogP contribution is 2.17. The van der Waals surface area contributed by atoms with Gasteiger partial charge in [0.05, 0.1) is 6.61 Å². The lowest BCUT2D eigenvalue weighted by atomic mass is 10.0. The van der Waals surface area contributed by atoms with Crippen molar-refractivity contribution in [2.24, 2.45) is 0 Å². The van der Waals surface area contributed by atoms with Crippen LogP contribution in [0.4, 0.5) is 0 Å². The SMILES string of the molecule is CC/C=C\C/C=C\C/C=C\C/C=C\C/C=C\C/C=C\C/C=C\C/C=C\C/C=C\CCCCCC(=O)OC(CO)COC(=O)CCCCCCCCCCCCCCCCCCCCCCCCCCCCCC. The van der Waals surface area contributed by atoms with E-state index in [0.29, 0.717) is 12.8 Å². The minimum atomic E-state index is -0.797. The van der Waals surface area contributed by atoms with Gasteiger partial charge in [-0.05, 0) is 83.5 Å². The third-order valence-corrected chi connectivity index (χ3v) is 13.3. The molecule has 0 saturated heterocycles. The minimum absolute atomic E-state index is 0.0829. The molecule has 0 radical (unpaired) electrons. The molecule has 0 spiro atoms. The van der Waals surface area contributed by atoms with Crippen LogP contribution in [-0.2, 0) is 19.1 Å². The molecule has 0 fully saturated rings. The van der Waals surface area contributed by atoms with Crippen molar-refractivity contribution in [2.45, 2.75) is 296 Å². The van der Waals surface area contributed by atoms with E-state index in [9.17, 15) is 14.7 Å². The van der Waals surface area contributed by atoms with Gasteiger partial charge in [0.2, 0.25) is 0 Å². The Bertz CT molecular complexity index is 1420. The first kappa shape index (κ1) is 69.6. The van der Waals surface area contributed by atoms with Gasteiger partial charge in [-0.1, -0.05) is 303 Å². The number of carbonyl (C=O) groups is 2. The van der Waals surface area contributed by atoms with E-state index in [1.54, 1.807) is 0 Å². The number of carbonyl (C=O) groups excluding carboxylic acids is 2. The van der Waals surface area contributed by atoms with Crippen LogP contribution >= 0.6 is 0 Å². The fraction of sp³-hybridized carbons (Fsp3) is 0.706. The van der Waals surface area contributed by atoms with Crippen molar-refractivity contribution in [3.63, 3.8) is 0 Å². The summed E-state index contributed by atoms with van der Waals surface area (Å²) < 4.78 is 10.7. The van der Waals surface area contributed by atoms with E-state index in [1.165, 1.54) is 161 Å². The second-order valence-electron chi connectivity index (χ2n) is 20.4. The molecule has 0 heterocycles. The summed E-state index contributed by atoms with van der Waals surface area (Å²) in [6, 6.07) is 0. The second-order valence-corrected chi connectivity index (χ2v) is 20.4. The summed E-state index contributed by atoms with van der Waals surface area (Å²) in [4.78, 5) is 24.6. The molecule has 5 heteroatoms. The third kappa shape index (κ3) is 61.0. The molecule has 0 aliphatic carbocycles. The Balaban J connectivity index is 3.57. The van der Waals surface area contributed by atoms with Crippen molar-refractivity contribution in [1.82, 2.24) is 0 Å². The summed E-state index contributed by atoms with van der Waals surface area (Å²) in [6.07, 6.45) is 90.8. The molecule has 0 aromatic rings. The molecular formula is C68H116O5. The number of allylic oxidation sites excluding steroid dienone is 18. The predicted molar refractivity (Wildman–Crippen MR) is 320 cm³/mol. The van der Waals surface area contributed by atoms with Crippen molar-refractivity contribution in [2.75, 3.05) is 13.2 Å². The highest BCUT2D eigenvalue weighted by Gasteiger charge is 2.16. The van der Waals surface area contributed by atoms with Crippen molar-refractivity contribution in [1.29, 1.82) is 0 Å². The topological polar surface area (TPSA) is 72.8 Å². The smallest absolute Gasteiger partial charge is 0.306 e. The summed E-state index contributed by atoms with van der Waals surface area (Å²) in [5, 5.41) is 9.67. The number of hydrogen-bond acceptors (Lipinski definition) is 5. The number of hydrogen-bond donors (Lipinski definition) is 1. The fourth-order valence-electron chi connectivity index (χ4n) is 8.73. The summed E-state index contributed by atoms with van der Waals surface area (Å²) in [5.41, 5.74) is 0. The van der Waals surface area contributed by atoms with Gasteiger partial charge >= 0.3 is 11.9 Å². The van der Waals surface area contributed by atoms with E-state index in [1.807, 2.05) is 0 Å². The van der Waals surface area contributed by atoms with Gasteiger partial charge in [-0.25, -0.2) is 0 Å². The monoisotopic (exact) mass is 1010 g/mol. The molecule has 418 valence electrons. The minimum Gasteiger partial charge on any atom is -0.462 e. The first-order valence-electron chi connectivity index (χ1n) is 30.9. The van der Waals surface area contributed by atoms with Gasteiger partial charge in [0.1, 0.15) is 6.61 Å². The Labute approximate surface area is 452 Å². The van der Waals surface area contributed by atoms with E-state index in [0.717, 1.165) is 103 Å². The zero-order chi connectivity index (χ0) is 52.7. The molecule has 0 saturated carbocycles. The van der Waals surface area contributed by atoms with Crippen molar-refractivity contribution < 1.29 is 24.2 Å². The van der Waals surface area contributed by atoms with Crippen LogP contribution in [0, 0.1) is 0 Å². The highest BCUT2D eigenvalue weighted by atomic mass is 16.6. The molecule has 0 amide bonds. The summed E-state index contributed by atoms with van der Waals surface area (Å²) in [6.45, 7) is 4.03. The zero-order valence-electron chi connectivity index (χ0n) is 47.9. The number of rotatable bonds is 56. The van der Waals surface area contributed by atoms with E-state index in [-0.39, 0.29) is 25.2 Å². The molecule has 0 aliphatic heterocycles. The normalized spacial score (nSPS) is 13.0. The van der Waals surface area contributed by atoms with Gasteiger partial charge in [0.15, 0.2) is 6.10 Å². The van der Waals surface area contributed by atoms with Crippen molar-refractivity contribution in [3.05, 3.63) is 109 Å². The number of unbranched alkanes of at least 4 members (excludes halogenated alkanes) is 30. The average molecular weight is 1010 g/mol. The first-order valence-corrected chi connectivity index (χ1v) is 30.9. The van der Waals surface area contributed by atoms with Crippen LogP contribution < -0.4 is 0 Å². The summed E-state index contributed by atoms with van der Waals surface area (Å²) in [5.74, 6) is -0.625. The quantitative estimate of drug-likeness (QED) is 0.0373. The summed E-state index contributed by atoms with van der Waals surface area (Å²) >= 11 is 0. The lowest BCUT2D eigenvalue weighted by molar-refractivity contribution is -0.161. The van der Waals surface area contributed by atoms with Gasteiger partial charge in [-0.15, -0.1) is 0 Å². The molecule has 73 heavy (non-hydrogen) atoms. The van der Waals surface area contributed by atoms with E-state index >= 15 is 0 Å². The maximum Gasteiger partial charge on any atom is 0.306 e. The maximum atomic E-state index is 12.3.